The highest BCUT2D eigenvalue weighted by Crippen LogP contribution is 2.57. The SMILES string of the molecule is C.C.C.C.C.C.C.C1C2CC3CC1CN(C2)C3.CCN1CC2CC1CO2.CCN1CC2CCC1C2.CCOC.CCOC12CC3CC(CC(C3)C1)C2.CCOC1C2CCC1CC2.CCOC1CC2CCC1C2.CCOC1CC2CCC1CC2.CCOC1CC2CCCC(C1)N2C.CCOC1CC2CCN1CC2. The number of rotatable bonds is 15. The predicted molar refractivity (Wildman–Crippen MR) is 457 cm³/mol. The van der Waals surface area contributed by atoms with Crippen molar-refractivity contribution in [2.24, 2.45) is 82.9 Å². The topological polar surface area (TPSA) is 90.0 Å². The van der Waals surface area contributed by atoms with Gasteiger partial charge in [0.2, 0.25) is 0 Å². The number of hydrogen-bond acceptors (Lipinski definition) is 13. The van der Waals surface area contributed by atoms with E-state index in [0.29, 0.717) is 42.3 Å². The Hall–Kier alpha value is -0.520. The molecule has 13 heteroatoms. The highest BCUT2D eigenvalue weighted by Gasteiger charge is 2.52. The average Bonchev–Trinajstić information content (AvgIpc) is 1.74. The maximum Gasteiger partial charge on any atom is 0.110 e. The Morgan fingerprint density at radius 1 is 0.355 bits per heavy atom. The quantitative estimate of drug-likeness (QED) is 0.156. The number of piperidine rings is 9. The molecule has 636 valence electrons. The summed E-state index contributed by atoms with van der Waals surface area (Å²) in [7, 11) is 3.97. The summed E-state index contributed by atoms with van der Waals surface area (Å²) in [6.45, 7) is 38.3. The summed E-state index contributed by atoms with van der Waals surface area (Å²) in [6, 6.07) is 3.37. The Balaban J connectivity index is 0.000000251. The van der Waals surface area contributed by atoms with Gasteiger partial charge < -0.3 is 52.6 Å². The van der Waals surface area contributed by atoms with Crippen molar-refractivity contribution >= 4 is 0 Å². The largest absolute Gasteiger partial charge is 0.385 e. The van der Waals surface area contributed by atoms with Crippen LogP contribution in [-0.4, -0.2) is 217 Å². The fourth-order valence-electron chi connectivity index (χ4n) is 25.5. The third-order valence-corrected chi connectivity index (χ3v) is 29.8. The fraction of sp³-hybridized carbons (Fsp3) is 1.00. The number of methoxy groups -OCH3 is 1. The Bertz CT molecular complexity index is 2060. The van der Waals surface area contributed by atoms with E-state index in [-0.39, 0.29) is 52.0 Å². The van der Waals surface area contributed by atoms with Gasteiger partial charge in [-0.2, -0.15) is 0 Å². The smallest absolute Gasteiger partial charge is 0.110 e. The maximum absolute atomic E-state index is 6.04. The molecule has 0 amide bonds. The zero-order chi connectivity index (χ0) is 70.0. The van der Waals surface area contributed by atoms with Gasteiger partial charge in [0.15, 0.2) is 0 Å². The minimum Gasteiger partial charge on any atom is -0.385 e. The molecule has 0 radical (unpaired) electrons. The van der Waals surface area contributed by atoms with E-state index in [9.17, 15) is 0 Å². The lowest BCUT2D eigenvalue weighted by molar-refractivity contribution is -0.159. The van der Waals surface area contributed by atoms with Gasteiger partial charge in [-0.05, 0) is 363 Å². The lowest BCUT2D eigenvalue weighted by atomic mass is 9.54. The zero-order valence-corrected chi connectivity index (χ0v) is 66.9. The van der Waals surface area contributed by atoms with Crippen LogP contribution in [0.5, 0.6) is 0 Å². The van der Waals surface area contributed by atoms with Crippen molar-refractivity contribution in [3.05, 3.63) is 0 Å². The molecule has 13 aliphatic carbocycles. The molecule has 0 aromatic carbocycles. The normalized spacial score (nSPS) is 41.3. The van der Waals surface area contributed by atoms with Crippen LogP contribution in [-0.2, 0) is 37.9 Å². The minimum atomic E-state index is 0. The molecule has 107 heavy (non-hydrogen) atoms. The third-order valence-electron chi connectivity index (χ3n) is 29.8. The second-order valence-corrected chi connectivity index (χ2v) is 36.3. The van der Waals surface area contributed by atoms with Crippen LogP contribution in [0.4, 0.5) is 0 Å². The molecule has 11 unspecified atom stereocenters. The van der Waals surface area contributed by atoms with Crippen LogP contribution in [0.25, 0.3) is 0 Å². The van der Waals surface area contributed by atoms with Crippen molar-refractivity contribution in [2.45, 2.75) is 399 Å². The summed E-state index contributed by atoms with van der Waals surface area (Å²) in [5.74, 6) is 14.2. The monoisotopic (exact) mass is 1510 g/mol. The van der Waals surface area contributed by atoms with Crippen LogP contribution in [0.3, 0.4) is 0 Å². The van der Waals surface area contributed by atoms with Gasteiger partial charge in [0.1, 0.15) is 6.23 Å². The summed E-state index contributed by atoms with van der Waals surface area (Å²) >= 11 is 0. The number of fused-ring (bicyclic) bond motifs is 16. The third kappa shape index (κ3) is 27.8. The van der Waals surface area contributed by atoms with Gasteiger partial charge in [0.25, 0.3) is 0 Å². The van der Waals surface area contributed by atoms with Crippen LogP contribution in [0.2, 0.25) is 0 Å². The van der Waals surface area contributed by atoms with Gasteiger partial charge in [0.05, 0.1) is 42.7 Å². The molecule has 24 rings (SSSR count). The molecule has 11 saturated heterocycles. The first-order valence-electron chi connectivity index (χ1n) is 44.3. The minimum absolute atomic E-state index is 0. The molecule has 0 N–H and O–H groups in total. The molecule has 11 heterocycles. The first-order valence-corrected chi connectivity index (χ1v) is 44.3. The summed E-state index contributed by atoms with van der Waals surface area (Å²) in [4.78, 5) is 12.9. The van der Waals surface area contributed by atoms with E-state index in [1.165, 1.54) is 258 Å². The molecule has 24 aliphatic rings. The molecule has 22 bridgehead atoms. The number of morpholine rings is 1. The van der Waals surface area contributed by atoms with Crippen molar-refractivity contribution in [1.29, 1.82) is 0 Å². The van der Waals surface area contributed by atoms with E-state index in [1.807, 2.05) is 6.92 Å². The van der Waals surface area contributed by atoms with Crippen molar-refractivity contribution < 1.29 is 37.9 Å². The first kappa shape index (κ1) is 98.8. The van der Waals surface area contributed by atoms with E-state index in [1.54, 1.807) is 26.4 Å². The molecular formula is C94H187N5O8. The van der Waals surface area contributed by atoms with Crippen LogP contribution >= 0.6 is 0 Å². The molecule has 0 spiro atoms. The Kier molecular flexibility index (Phi) is 46.4. The molecule has 11 atom stereocenters. The van der Waals surface area contributed by atoms with Crippen molar-refractivity contribution in [3.8, 4) is 0 Å². The van der Waals surface area contributed by atoms with Gasteiger partial charge in [-0.15, -0.1) is 0 Å². The van der Waals surface area contributed by atoms with Crippen LogP contribution in [0, 0.1) is 82.9 Å². The van der Waals surface area contributed by atoms with Gasteiger partial charge in [-0.3, -0.25) is 9.80 Å². The van der Waals surface area contributed by atoms with E-state index in [0.717, 1.165) is 160 Å². The summed E-state index contributed by atoms with van der Waals surface area (Å²) in [5.41, 5.74) is 0.351. The molecule has 24 fully saturated rings. The standard InChI is InChI=1S/C12H20O.C11H21NO.C10H18O.C9H17NO.C9H15N.2C9H16O.C8H15N.C7H13NO.C3H8O.7CH4/c1-2-13-12-6-9-3-10(7-12)5-11(4-9)8-12;1-3-13-11-7-9-5-4-6-10(8-11)12(9)2;1-2-11-10-7-8-3-5-9(10)6-4-8;1-2-11-9-7-8-3-5-10(9)6-4-8;1-7-2-9-3-8(1)5-10(4-7)6-9;1-2-10-9-6-7-3-4-8(9)5-7;1-2-10-9-7-3-4-8(9)6-5-7;1-2-9-6-7-3-4-8(9)5-7;1-2-8-4-7-3-6(8)5-9-7;1-3-4-2;;;;;;;/h9-11H,2-8H2,1H3;9-11H,3-8H2,1-2H3;8-10H,2-7H2,1H3;8-9H,2-7H2,1H3;7-9H,1-6H2;2*7-9H,2-6H2,1H3;7-8H,2-6H2,1H3;6-7H,2-5H2,1H3;3H2,1-2H3;7*1H4. The molecule has 0 aromatic rings. The summed E-state index contributed by atoms with van der Waals surface area (Å²) in [5, 5.41) is 0. The lowest BCUT2D eigenvalue weighted by Gasteiger charge is -2.56. The molecular weight excluding hydrogens is 1330 g/mol. The van der Waals surface area contributed by atoms with E-state index in [4.69, 9.17) is 33.2 Å². The predicted octanol–water partition coefficient (Wildman–Crippen LogP) is 21.9. The highest BCUT2D eigenvalue weighted by atomic mass is 16.5. The Labute approximate surface area is 666 Å². The molecule has 0 aromatic heterocycles. The number of likely N-dealkylation sites (N-methyl/N-ethyl adjacent to an activating group) is 1. The number of nitrogens with zero attached hydrogens (tertiary/aromatic N) is 5. The van der Waals surface area contributed by atoms with Crippen LogP contribution in [0.15, 0.2) is 0 Å². The molecule has 13 nitrogen and oxygen atoms in total. The van der Waals surface area contributed by atoms with E-state index < -0.39 is 0 Å². The molecule has 13 saturated carbocycles. The van der Waals surface area contributed by atoms with Gasteiger partial charge in [0, 0.05) is 123 Å². The van der Waals surface area contributed by atoms with E-state index in [2.05, 4.69) is 91.7 Å². The number of ether oxygens (including phenoxy) is 8. The van der Waals surface area contributed by atoms with Crippen molar-refractivity contribution in [3.63, 3.8) is 0 Å². The van der Waals surface area contributed by atoms with Gasteiger partial charge in [-0.25, -0.2) is 0 Å². The van der Waals surface area contributed by atoms with Gasteiger partial charge >= 0.3 is 0 Å². The van der Waals surface area contributed by atoms with Crippen LogP contribution < -0.4 is 0 Å². The van der Waals surface area contributed by atoms with Crippen molar-refractivity contribution in [1.82, 2.24) is 24.5 Å². The Morgan fingerprint density at radius 3 is 1.19 bits per heavy atom. The van der Waals surface area contributed by atoms with Crippen molar-refractivity contribution in [2.75, 3.05) is 126 Å². The molecule has 11 aliphatic heterocycles. The Morgan fingerprint density at radius 2 is 0.822 bits per heavy atom. The summed E-state index contributed by atoms with van der Waals surface area (Å²) in [6.07, 6.45) is 52.2. The second-order valence-electron chi connectivity index (χ2n) is 36.3. The first-order chi connectivity index (χ1) is 48.8. The average molecular weight is 1520 g/mol. The number of hydrogen-bond donors (Lipinski definition) is 0. The zero-order valence-electron chi connectivity index (χ0n) is 66.9. The second kappa shape index (κ2) is 50.2. The van der Waals surface area contributed by atoms with Gasteiger partial charge in [-0.1, -0.05) is 72.3 Å². The van der Waals surface area contributed by atoms with E-state index >= 15 is 0 Å². The highest BCUT2D eigenvalue weighted by molar-refractivity contribution is 5.04. The number of likely N-dealkylation sites (tertiary alicyclic amines) is 2. The van der Waals surface area contributed by atoms with Crippen LogP contribution in [0.1, 0.15) is 333 Å². The maximum atomic E-state index is 6.04. The fourth-order valence-corrected chi connectivity index (χ4v) is 25.5. The lowest BCUT2D eigenvalue weighted by Crippen LogP contribution is -2.53. The summed E-state index contributed by atoms with van der Waals surface area (Å²) < 4.78 is 44.5.